The molecule has 2 nitrogen and oxygen atoms in total. The predicted molar refractivity (Wildman–Crippen MR) is 104 cm³/mol. The standard InChI is InChI=1S/C21H23O2P/c1-16-14-17(2)21(18(3)15-16)24(22,23,19-10-6-4-7-11-19)20-12-8-5-9-13-20/h4-15,22-23H,1-3H3. The fraction of sp³-hybridized carbons (Fsp3) is 0.143. The summed E-state index contributed by atoms with van der Waals surface area (Å²) in [7, 11) is -4.49. The van der Waals surface area contributed by atoms with E-state index in [0.29, 0.717) is 15.9 Å². The van der Waals surface area contributed by atoms with Gasteiger partial charge in [0.15, 0.2) is 0 Å². The van der Waals surface area contributed by atoms with Gasteiger partial charge in [0.1, 0.15) is 0 Å². The molecule has 3 aromatic rings. The van der Waals surface area contributed by atoms with Gasteiger partial charge >= 0.3 is 143 Å². The van der Waals surface area contributed by atoms with Crippen molar-refractivity contribution in [2.24, 2.45) is 0 Å². The van der Waals surface area contributed by atoms with E-state index in [-0.39, 0.29) is 0 Å². The van der Waals surface area contributed by atoms with E-state index in [1.165, 1.54) is 0 Å². The summed E-state index contributed by atoms with van der Waals surface area (Å²) in [5.41, 5.74) is 2.93. The molecule has 0 aliphatic carbocycles. The maximum atomic E-state index is 12.0. The summed E-state index contributed by atoms with van der Waals surface area (Å²) in [6.07, 6.45) is 0. The summed E-state index contributed by atoms with van der Waals surface area (Å²) >= 11 is 0. The van der Waals surface area contributed by atoms with Gasteiger partial charge in [-0.15, -0.1) is 0 Å². The van der Waals surface area contributed by atoms with Crippen LogP contribution in [-0.4, -0.2) is 9.79 Å². The van der Waals surface area contributed by atoms with Crippen LogP contribution in [0.25, 0.3) is 0 Å². The quantitative estimate of drug-likeness (QED) is 0.720. The van der Waals surface area contributed by atoms with E-state index in [4.69, 9.17) is 0 Å². The Hall–Kier alpha value is -1.99. The van der Waals surface area contributed by atoms with E-state index in [1.807, 2.05) is 93.6 Å². The molecular formula is C21H23O2P. The molecule has 0 saturated carbocycles. The molecule has 0 atom stereocenters. The second kappa shape index (κ2) is 5.82. The van der Waals surface area contributed by atoms with Crippen LogP contribution >= 0.6 is 7.06 Å². The van der Waals surface area contributed by atoms with Crippen molar-refractivity contribution >= 4 is 23.0 Å². The van der Waals surface area contributed by atoms with Gasteiger partial charge in [0, 0.05) is 0 Å². The van der Waals surface area contributed by atoms with Crippen LogP contribution in [0.3, 0.4) is 0 Å². The third kappa shape index (κ3) is 2.48. The van der Waals surface area contributed by atoms with Gasteiger partial charge < -0.3 is 0 Å². The van der Waals surface area contributed by atoms with Gasteiger partial charge in [-0.2, -0.15) is 0 Å². The van der Waals surface area contributed by atoms with Gasteiger partial charge in [-0.05, 0) is 0 Å². The molecule has 3 aromatic carbocycles. The number of benzene rings is 3. The fourth-order valence-electron chi connectivity index (χ4n) is 3.67. The van der Waals surface area contributed by atoms with Crippen LogP contribution in [0, 0.1) is 20.8 Å². The molecule has 0 aliphatic heterocycles. The maximum absolute atomic E-state index is 12.0. The van der Waals surface area contributed by atoms with E-state index >= 15 is 0 Å². The zero-order valence-corrected chi connectivity index (χ0v) is 15.2. The van der Waals surface area contributed by atoms with Crippen LogP contribution in [0.4, 0.5) is 0 Å². The molecule has 0 radical (unpaired) electrons. The molecule has 0 saturated heterocycles. The van der Waals surface area contributed by atoms with Crippen molar-refractivity contribution in [3.63, 3.8) is 0 Å². The predicted octanol–water partition coefficient (Wildman–Crippen LogP) is 3.26. The van der Waals surface area contributed by atoms with Gasteiger partial charge in [0.05, 0.1) is 0 Å². The van der Waals surface area contributed by atoms with Crippen molar-refractivity contribution in [1.82, 2.24) is 0 Å². The minimum atomic E-state index is -4.49. The molecule has 2 N–H and O–H groups in total. The average molecular weight is 338 g/mol. The second-order valence-corrected chi connectivity index (χ2v) is 9.97. The van der Waals surface area contributed by atoms with E-state index < -0.39 is 7.06 Å². The van der Waals surface area contributed by atoms with E-state index in [0.717, 1.165) is 16.7 Å². The number of rotatable bonds is 3. The molecule has 0 amide bonds. The van der Waals surface area contributed by atoms with E-state index in [9.17, 15) is 9.79 Å². The molecule has 0 heterocycles. The molecule has 24 heavy (non-hydrogen) atoms. The number of hydrogen-bond donors (Lipinski definition) is 2. The third-order valence-electron chi connectivity index (χ3n) is 4.55. The fourth-order valence-corrected chi connectivity index (χ4v) is 7.42. The zero-order chi connectivity index (χ0) is 17.4. The first kappa shape index (κ1) is 16.9. The Bertz CT molecular complexity index is 804. The summed E-state index contributed by atoms with van der Waals surface area (Å²) < 4.78 is 0. The van der Waals surface area contributed by atoms with Gasteiger partial charge in [-0.1, -0.05) is 0 Å². The van der Waals surface area contributed by atoms with Crippen molar-refractivity contribution in [2.75, 3.05) is 0 Å². The Balaban J connectivity index is 2.46. The normalized spacial score (nSPS) is 13.3. The monoisotopic (exact) mass is 338 g/mol. The first-order chi connectivity index (χ1) is 11.3. The van der Waals surface area contributed by atoms with Gasteiger partial charge in [0.25, 0.3) is 0 Å². The zero-order valence-electron chi connectivity index (χ0n) is 14.3. The summed E-state index contributed by atoms with van der Waals surface area (Å²) in [4.78, 5) is 24.1. The molecule has 0 unspecified atom stereocenters. The Morgan fingerprint density at radius 2 is 1.00 bits per heavy atom. The summed E-state index contributed by atoms with van der Waals surface area (Å²) in [6, 6.07) is 22.5. The Morgan fingerprint density at radius 3 is 1.38 bits per heavy atom. The first-order valence-corrected chi connectivity index (χ1v) is 10.2. The van der Waals surface area contributed by atoms with Crippen molar-refractivity contribution in [3.05, 3.63) is 89.5 Å². The van der Waals surface area contributed by atoms with Crippen LogP contribution < -0.4 is 15.9 Å². The van der Waals surface area contributed by atoms with Crippen molar-refractivity contribution in [1.29, 1.82) is 0 Å². The minimum absolute atomic E-state index is 0.560. The van der Waals surface area contributed by atoms with Crippen LogP contribution in [0.1, 0.15) is 16.7 Å². The molecule has 3 rings (SSSR count). The summed E-state index contributed by atoms with van der Waals surface area (Å²) in [5, 5.41) is 1.76. The average Bonchev–Trinajstić information content (AvgIpc) is 2.55. The molecule has 0 bridgehead atoms. The Labute approximate surface area is 143 Å². The Morgan fingerprint density at radius 1 is 0.625 bits per heavy atom. The summed E-state index contributed by atoms with van der Waals surface area (Å²) in [6.45, 7) is 5.93. The van der Waals surface area contributed by atoms with Crippen LogP contribution in [0.5, 0.6) is 0 Å². The van der Waals surface area contributed by atoms with Crippen molar-refractivity contribution in [3.8, 4) is 0 Å². The Kier molecular flexibility index (Phi) is 4.09. The molecule has 0 spiro atoms. The van der Waals surface area contributed by atoms with Gasteiger partial charge in [-0.25, -0.2) is 0 Å². The van der Waals surface area contributed by atoms with E-state index in [2.05, 4.69) is 0 Å². The van der Waals surface area contributed by atoms with E-state index in [1.54, 1.807) is 0 Å². The molecular weight excluding hydrogens is 315 g/mol. The van der Waals surface area contributed by atoms with Crippen LogP contribution in [-0.2, 0) is 0 Å². The number of aryl methyl sites for hydroxylation is 3. The van der Waals surface area contributed by atoms with Gasteiger partial charge in [-0.3, -0.25) is 0 Å². The number of hydrogen-bond acceptors (Lipinski definition) is 2. The first-order valence-electron chi connectivity index (χ1n) is 8.05. The molecule has 124 valence electrons. The topological polar surface area (TPSA) is 40.5 Å². The van der Waals surface area contributed by atoms with Crippen LogP contribution in [0.15, 0.2) is 72.8 Å². The van der Waals surface area contributed by atoms with Crippen molar-refractivity contribution < 1.29 is 9.79 Å². The van der Waals surface area contributed by atoms with Gasteiger partial charge in [0.2, 0.25) is 0 Å². The molecule has 0 fully saturated rings. The summed E-state index contributed by atoms with van der Waals surface area (Å²) in [5.74, 6) is 0. The van der Waals surface area contributed by atoms with Crippen LogP contribution in [0.2, 0.25) is 0 Å². The third-order valence-corrected chi connectivity index (χ3v) is 8.66. The SMILES string of the molecule is Cc1cc(C)c(P(O)(O)(c2ccccc2)c2ccccc2)c(C)c1. The molecule has 3 heteroatoms. The molecule has 0 aromatic heterocycles. The second-order valence-electron chi connectivity index (χ2n) is 6.44. The molecule has 0 aliphatic rings. The van der Waals surface area contributed by atoms with Crippen molar-refractivity contribution in [2.45, 2.75) is 20.8 Å².